The fraction of sp³-hybridized carbons (Fsp3) is 0.286. The molecule has 1 aromatic heterocycles. The van der Waals surface area contributed by atoms with Crippen LogP contribution in [0.1, 0.15) is 36.9 Å². The summed E-state index contributed by atoms with van der Waals surface area (Å²) >= 11 is 0. The van der Waals surface area contributed by atoms with Gasteiger partial charge in [0, 0.05) is 17.5 Å². The molecule has 7 nitrogen and oxygen atoms in total. The van der Waals surface area contributed by atoms with Crippen molar-refractivity contribution in [2.24, 2.45) is 0 Å². The van der Waals surface area contributed by atoms with Gasteiger partial charge in [0.2, 0.25) is 0 Å². The van der Waals surface area contributed by atoms with Crippen LogP contribution in [0.15, 0.2) is 35.0 Å². The third-order valence-electron chi connectivity index (χ3n) is 2.73. The SMILES string of the molecule is CC(C)(C)c1oncc1C(=O)Oc1ccc([N+](=O)[O-])cc1. The lowest BCUT2D eigenvalue weighted by molar-refractivity contribution is -0.384. The smallest absolute Gasteiger partial charge is 0.348 e. The van der Waals surface area contributed by atoms with Crippen LogP contribution in [0.5, 0.6) is 5.75 Å². The zero-order valence-corrected chi connectivity index (χ0v) is 11.8. The molecule has 0 bridgehead atoms. The van der Waals surface area contributed by atoms with Crippen LogP contribution < -0.4 is 4.74 Å². The summed E-state index contributed by atoms with van der Waals surface area (Å²) in [7, 11) is 0. The Morgan fingerprint density at radius 3 is 2.43 bits per heavy atom. The molecule has 0 radical (unpaired) electrons. The van der Waals surface area contributed by atoms with Gasteiger partial charge < -0.3 is 9.26 Å². The van der Waals surface area contributed by atoms with E-state index >= 15 is 0 Å². The number of carbonyl (C=O) groups is 1. The van der Waals surface area contributed by atoms with E-state index < -0.39 is 10.9 Å². The van der Waals surface area contributed by atoms with Gasteiger partial charge in [0.1, 0.15) is 11.3 Å². The maximum absolute atomic E-state index is 12.1. The van der Waals surface area contributed by atoms with E-state index in [4.69, 9.17) is 9.26 Å². The zero-order valence-electron chi connectivity index (χ0n) is 11.8. The minimum atomic E-state index is -0.616. The molecule has 0 atom stereocenters. The van der Waals surface area contributed by atoms with Gasteiger partial charge in [-0.2, -0.15) is 0 Å². The molecule has 0 unspecified atom stereocenters. The van der Waals surface area contributed by atoms with E-state index in [0.717, 1.165) is 0 Å². The number of benzene rings is 1. The molecule has 0 amide bonds. The Labute approximate surface area is 120 Å². The lowest BCUT2D eigenvalue weighted by atomic mass is 9.90. The molecule has 0 aliphatic carbocycles. The predicted molar refractivity (Wildman–Crippen MR) is 73.3 cm³/mol. The van der Waals surface area contributed by atoms with Crippen LogP contribution in [0.3, 0.4) is 0 Å². The molecule has 0 aliphatic heterocycles. The van der Waals surface area contributed by atoms with Gasteiger partial charge in [0.05, 0.1) is 11.1 Å². The summed E-state index contributed by atoms with van der Waals surface area (Å²) in [6.07, 6.45) is 1.30. The summed E-state index contributed by atoms with van der Waals surface area (Å²) < 4.78 is 10.3. The van der Waals surface area contributed by atoms with E-state index in [-0.39, 0.29) is 22.4 Å². The second-order valence-electron chi connectivity index (χ2n) is 5.46. The molecular formula is C14H14N2O5. The standard InChI is InChI=1S/C14H14N2O5/c1-14(2,3)12-11(8-15-21-12)13(17)20-10-6-4-9(5-7-10)16(18)19/h4-8H,1-3H3. The molecule has 1 aromatic carbocycles. The summed E-state index contributed by atoms with van der Waals surface area (Å²) in [6.45, 7) is 5.66. The van der Waals surface area contributed by atoms with E-state index in [0.29, 0.717) is 5.76 Å². The topological polar surface area (TPSA) is 95.5 Å². The Morgan fingerprint density at radius 2 is 1.90 bits per heavy atom. The van der Waals surface area contributed by atoms with Crippen molar-refractivity contribution in [1.29, 1.82) is 0 Å². The Hall–Kier alpha value is -2.70. The van der Waals surface area contributed by atoms with Crippen LogP contribution in [0.2, 0.25) is 0 Å². The van der Waals surface area contributed by atoms with Crippen molar-refractivity contribution >= 4 is 11.7 Å². The second kappa shape index (κ2) is 5.35. The van der Waals surface area contributed by atoms with Crippen molar-refractivity contribution in [2.45, 2.75) is 26.2 Å². The van der Waals surface area contributed by atoms with Crippen LogP contribution in [-0.2, 0) is 5.41 Å². The minimum Gasteiger partial charge on any atom is -0.423 e. The maximum Gasteiger partial charge on any atom is 0.348 e. The molecule has 0 aliphatic rings. The van der Waals surface area contributed by atoms with Crippen molar-refractivity contribution in [3.63, 3.8) is 0 Å². The number of non-ortho nitro benzene ring substituents is 1. The average molecular weight is 290 g/mol. The fourth-order valence-electron chi connectivity index (χ4n) is 1.72. The van der Waals surface area contributed by atoms with Gasteiger partial charge in [-0.25, -0.2) is 4.79 Å². The van der Waals surface area contributed by atoms with Gasteiger partial charge in [-0.1, -0.05) is 25.9 Å². The first-order valence-electron chi connectivity index (χ1n) is 6.21. The monoisotopic (exact) mass is 290 g/mol. The molecule has 2 aromatic rings. The number of rotatable bonds is 3. The first kappa shape index (κ1) is 14.7. The van der Waals surface area contributed by atoms with E-state index in [1.807, 2.05) is 20.8 Å². The van der Waals surface area contributed by atoms with Crippen molar-refractivity contribution < 1.29 is 19.0 Å². The van der Waals surface area contributed by atoms with Crippen LogP contribution in [0, 0.1) is 10.1 Å². The normalized spacial score (nSPS) is 11.2. The number of nitrogens with zero attached hydrogens (tertiary/aromatic N) is 2. The molecule has 0 fully saturated rings. The Morgan fingerprint density at radius 1 is 1.29 bits per heavy atom. The summed E-state index contributed by atoms with van der Waals surface area (Å²) in [4.78, 5) is 22.1. The first-order valence-corrected chi connectivity index (χ1v) is 6.21. The van der Waals surface area contributed by atoms with Crippen LogP contribution in [0.25, 0.3) is 0 Å². The Bertz CT molecular complexity index is 667. The third kappa shape index (κ3) is 3.25. The van der Waals surface area contributed by atoms with Gasteiger partial charge in [-0.15, -0.1) is 0 Å². The van der Waals surface area contributed by atoms with Gasteiger partial charge in [0.25, 0.3) is 5.69 Å². The van der Waals surface area contributed by atoms with Crippen LogP contribution >= 0.6 is 0 Å². The predicted octanol–water partition coefficient (Wildman–Crippen LogP) is 3.10. The highest BCUT2D eigenvalue weighted by Crippen LogP contribution is 2.27. The lowest BCUT2D eigenvalue weighted by Crippen LogP contribution is -2.17. The molecule has 0 N–H and O–H groups in total. The van der Waals surface area contributed by atoms with Gasteiger partial charge in [-0.3, -0.25) is 10.1 Å². The highest BCUT2D eigenvalue weighted by molar-refractivity contribution is 5.92. The number of hydrogen-bond acceptors (Lipinski definition) is 6. The first-order chi connectivity index (χ1) is 9.79. The molecule has 0 saturated carbocycles. The summed E-state index contributed by atoms with van der Waals surface area (Å²) in [5.74, 6) is 0.0242. The van der Waals surface area contributed by atoms with E-state index in [2.05, 4.69) is 5.16 Å². The van der Waals surface area contributed by atoms with E-state index in [1.54, 1.807) is 0 Å². The second-order valence-corrected chi connectivity index (χ2v) is 5.46. The van der Waals surface area contributed by atoms with Gasteiger partial charge >= 0.3 is 5.97 Å². The third-order valence-corrected chi connectivity index (χ3v) is 2.73. The Balaban J connectivity index is 2.19. The number of nitro groups is 1. The van der Waals surface area contributed by atoms with Gasteiger partial charge in [0.15, 0.2) is 5.76 Å². The molecular weight excluding hydrogens is 276 g/mol. The van der Waals surface area contributed by atoms with Crippen molar-refractivity contribution in [3.05, 3.63) is 51.9 Å². The number of carbonyl (C=O) groups excluding carboxylic acids is 1. The molecule has 0 spiro atoms. The molecule has 2 rings (SSSR count). The average Bonchev–Trinajstić information content (AvgIpc) is 2.88. The van der Waals surface area contributed by atoms with Crippen molar-refractivity contribution in [1.82, 2.24) is 5.16 Å². The number of esters is 1. The molecule has 1 heterocycles. The highest BCUT2D eigenvalue weighted by Gasteiger charge is 2.28. The van der Waals surface area contributed by atoms with Crippen LogP contribution in [-0.4, -0.2) is 16.0 Å². The minimum absolute atomic E-state index is 0.0739. The molecule has 21 heavy (non-hydrogen) atoms. The van der Waals surface area contributed by atoms with Gasteiger partial charge in [-0.05, 0) is 12.1 Å². The summed E-state index contributed by atoms with van der Waals surface area (Å²) in [6, 6.07) is 5.25. The number of hydrogen-bond donors (Lipinski definition) is 0. The van der Waals surface area contributed by atoms with Crippen LogP contribution in [0.4, 0.5) is 5.69 Å². The van der Waals surface area contributed by atoms with E-state index in [1.165, 1.54) is 30.5 Å². The molecule has 7 heteroatoms. The summed E-state index contributed by atoms with van der Waals surface area (Å²) in [5, 5.41) is 14.2. The summed E-state index contributed by atoms with van der Waals surface area (Å²) in [5.41, 5.74) is -0.226. The zero-order chi connectivity index (χ0) is 15.6. The highest BCUT2D eigenvalue weighted by atomic mass is 16.6. The maximum atomic E-state index is 12.1. The Kier molecular flexibility index (Phi) is 3.75. The van der Waals surface area contributed by atoms with Crippen molar-refractivity contribution in [2.75, 3.05) is 0 Å². The number of nitro benzene ring substituents is 1. The number of ether oxygens (including phenoxy) is 1. The molecule has 0 saturated heterocycles. The van der Waals surface area contributed by atoms with E-state index in [9.17, 15) is 14.9 Å². The molecule has 110 valence electrons. The largest absolute Gasteiger partial charge is 0.423 e. The quantitative estimate of drug-likeness (QED) is 0.373. The van der Waals surface area contributed by atoms with Crippen molar-refractivity contribution in [3.8, 4) is 5.75 Å². The fourth-order valence-corrected chi connectivity index (χ4v) is 1.72. The number of aromatic nitrogens is 1. The lowest BCUT2D eigenvalue weighted by Gasteiger charge is -2.15.